The maximum absolute atomic E-state index is 12.7. The minimum Gasteiger partial charge on any atom is -0.495 e. The second-order valence-electron chi connectivity index (χ2n) is 7.59. The summed E-state index contributed by atoms with van der Waals surface area (Å²) in [5.74, 6) is 0.874. The Kier molecular flexibility index (Phi) is 5.36. The monoisotopic (exact) mass is 399 g/mol. The van der Waals surface area contributed by atoms with E-state index in [-0.39, 0.29) is 11.4 Å². The van der Waals surface area contributed by atoms with Crippen LogP contribution in [0.1, 0.15) is 18.4 Å². The number of piperazine rings is 1. The molecule has 2 aliphatic rings. The molecule has 1 aliphatic carbocycles. The van der Waals surface area contributed by atoms with Crippen molar-refractivity contribution in [1.82, 2.24) is 10.2 Å². The molecule has 2 aromatic carbocycles. The van der Waals surface area contributed by atoms with E-state index in [0.29, 0.717) is 19.6 Å². The molecule has 2 amide bonds. The van der Waals surface area contributed by atoms with Crippen molar-refractivity contribution in [3.05, 3.63) is 59.1 Å². The molecule has 0 radical (unpaired) electrons. The van der Waals surface area contributed by atoms with E-state index in [1.807, 2.05) is 35.2 Å². The van der Waals surface area contributed by atoms with Gasteiger partial charge in [0, 0.05) is 43.2 Å². The van der Waals surface area contributed by atoms with Crippen LogP contribution in [0.2, 0.25) is 5.02 Å². The van der Waals surface area contributed by atoms with Crippen molar-refractivity contribution in [2.24, 2.45) is 0 Å². The number of para-hydroxylation sites is 2. The number of nitrogens with one attached hydrogen (secondary N) is 1. The Balaban J connectivity index is 1.30. The second-order valence-corrected chi connectivity index (χ2v) is 8.03. The average Bonchev–Trinajstić information content (AvgIpc) is 3.54. The SMILES string of the molecule is COc1ccccc1N1CCN(C(=O)NCC2(c3ccc(Cl)cc3)CC2)CC1. The molecule has 1 heterocycles. The second kappa shape index (κ2) is 7.92. The van der Waals surface area contributed by atoms with Crippen molar-refractivity contribution in [2.45, 2.75) is 18.3 Å². The van der Waals surface area contributed by atoms with Crippen molar-refractivity contribution in [2.75, 3.05) is 44.7 Å². The van der Waals surface area contributed by atoms with Crippen LogP contribution in [0.15, 0.2) is 48.5 Å². The number of urea groups is 1. The van der Waals surface area contributed by atoms with E-state index in [0.717, 1.165) is 42.4 Å². The number of carbonyl (C=O) groups is 1. The van der Waals surface area contributed by atoms with Crippen molar-refractivity contribution in [1.29, 1.82) is 0 Å². The van der Waals surface area contributed by atoms with Crippen LogP contribution >= 0.6 is 11.6 Å². The third kappa shape index (κ3) is 3.90. The Labute approximate surface area is 171 Å². The van der Waals surface area contributed by atoms with Gasteiger partial charge in [-0.2, -0.15) is 0 Å². The Morgan fingerprint density at radius 2 is 1.75 bits per heavy atom. The first-order chi connectivity index (χ1) is 13.6. The highest BCUT2D eigenvalue weighted by molar-refractivity contribution is 6.30. The van der Waals surface area contributed by atoms with Crippen LogP contribution in [0.4, 0.5) is 10.5 Å². The van der Waals surface area contributed by atoms with Crippen molar-refractivity contribution < 1.29 is 9.53 Å². The molecule has 1 saturated heterocycles. The van der Waals surface area contributed by atoms with Gasteiger partial charge in [0.05, 0.1) is 12.8 Å². The summed E-state index contributed by atoms with van der Waals surface area (Å²) in [6.07, 6.45) is 2.22. The van der Waals surface area contributed by atoms with Gasteiger partial charge in [0.2, 0.25) is 0 Å². The molecule has 28 heavy (non-hydrogen) atoms. The van der Waals surface area contributed by atoms with E-state index in [2.05, 4.69) is 28.4 Å². The van der Waals surface area contributed by atoms with Crippen LogP contribution in [0, 0.1) is 0 Å². The molecule has 1 aliphatic heterocycles. The van der Waals surface area contributed by atoms with E-state index < -0.39 is 0 Å². The van der Waals surface area contributed by atoms with Gasteiger partial charge in [-0.3, -0.25) is 0 Å². The first-order valence-electron chi connectivity index (χ1n) is 9.78. The fourth-order valence-electron chi connectivity index (χ4n) is 3.92. The van der Waals surface area contributed by atoms with E-state index in [9.17, 15) is 4.79 Å². The molecule has 0 unspecified atom stereocenters. The number of rotatable bonds is 5. The zero-order valence-corrected chi connectivity index (χ0v) is 16.9. The number of ether oxygens (including phenoxy) is 1. The lowest BCUT2D eigenvalue weighted by Gasteiger charge is -2.36. The molecule has 5 nitrogen and oxygen atoms in total. The molecule has 2 aromatic rings. The lowest BCUT2D eigenvalue weighted by atomic mass is 9.96. The van der Waals surface area contributed by atoms with Crippen LogP contribution in [-0.4, -0.2) is 50.8 Å². The Morgan fingerprint density at radius 1 is 1.07 bits per heavy atom. The number of benzene rings is 2. The molecule has 0 bridgehead atoms. The summed E-state index contributed by atoms with van der Waals surface area (Å²) in [5.41, 5.74) is 2.43. The maximum Gasteiger partial charge on any atom is 0.317 e. The fourth-order valence-corrected chi connectivity index (χ4v) is 4.05. The van der Waals surface area contributed by atoms with E-state index in [1.54, 1.807) is 7.11 Å². The van der Waals surface area contributed by atoms with Gasteiger partial charge >= 0.3 is 6.03 Å². The summed E-state index contributed by atoms with van der Waals surface area (Å²) in [7, 11) is 1.69. The smallest absolute Gasteiger partial charge is 0.317 e. The summed E-state index contributed by atoms with van der Waals surface area (Å²) in [5, 5.41) is 3.90. The zero-order chi connectivity index (χ0) is 19.6. The Hall–Kier alpha value is -2.40. The highest BCUT2D eigenvalue weighted by Crippen LogP contribution is 2.47. The number of carbonyl (C=O) groups excluding carboxylic acids is 1. The molecular formula is C22H26ClN3O2. The molecule has 0 spiro atoms. The Morgan fingerprint density at radius 3 is 2.39 bits per heavy atom. The lowest BCUT2D eigenvalue weighted by Crippen LogP contribution is -2.52. The highest BCUT2D eigenvalue weighted by Gasteiger charge is 2.44. The predicted molar refractivity (Wildman–Crippen MR) is 113 cm³/mol. The van der Waals surface area contributed by atoms with Crippen LogP contribution < -0.4 is 15.0 Å². The third-order valence-electron chi connectivity index (χ3n) is 5.88. The van der Waals surface area contributed by atoms with Gasteiger partial charge in [0.25, 0.3) is 0 Å². The summed E-state index contributed by atoms with van der Waals surface area (Å²) in [6.45, 7) is 3.70. The number of nitrogens with zero attached hydrogens (tertiary/aromatic N) is 2. The highest BCUT2D eigenvalue weighted by atomic mass is 35.5. The standard InChI is InChI=1S/C22H26ClN3O2/c1-28-20-5-3-2-4-19(20)25-12-14-26(15-13-25)21(27)24-16-22(10-11-22)17-6-8-18(23)9-7-17/h2-9H,10-16H2,1H3,(H,24,27). The minimum atomic E-state index is 0.0277. The number of methoxy groups -OCH3 is 1. The van der Waals surface area contributed by atoms with Crippen LogP contribution in [-0.2, 0) is 5.41 Å². The Bertz CT molecular complexity index is 828. The van der Waals surface area contributed by atoms with Gasteiger partial charge in [-0.25, -0.2) is 4.79 Å². The molecular weight excluding hydrogens is 374 g/mol. The van der Waals surface area contributed by atoms with Gasteiger partial charge in [0.1, 0.15) is 5.75 Å². The fraction of sp³-hybridized carbons (Fsp3) is 0.409. The zero-order valence-electron chi connectivity index (χ0n) is 16.2. The van der Waals surface area contributed by atoms with Crippen LogP contribution in [0.25, 0.3) is 0 Å². The lowest BCUT2D eigenvalue weighted by molar-refractivity contribution is 0.193. The number of amides is 2. The molecule has 0 aromatic heterocycles. The van der Waals surface area contributed by atoms with Crippen LogP contribution in [0.3, 0.4) is 0 Å². The molecule has 4 rings (SSSR count). The minimum absolute atomic E-state index is 0.0277. The van der Waals surface area contributed by atoms with Crippen molar-refractivity contribution >= 4 is 23.3 Å². The van der Waals surface area contributed by atoms with Gasteiger partial charge < -0.3 is 19.9 Å². The quantitative estimate of drug-likeness (QED) is 0.829. The molecule has 1 N–H and O–H groups in total. The summed E-state index contributed by atoms with van der Waals surface area (Å²) >= 11 is 6.00. The molecule has 2 fully saturated rings. The first-order valence-corrected chi connectivity index (χ1v) is 10.2. The third-order valence-corrected chi connectivity index (χ3v) is 6.13. The summed E-state index contributed by atoms with van der Waals surface area (Å²) < 4.78 is 5.46. The van der Waals surface area contributed by atoms with Gasteiger partial charge in [-0.15, -0.1) is 0 Å². The molecule has 6 heteroatoms. The number of hydrogen-bond acceptors (Lipinski definition) is 3. The number of anilines is 1. The van der Waals surface area contributed by atoms with Crippen LogP contribution in [0.5, 0.6) is 5.75 Å². The van der Waals surface area contributed by atoms with Gasteiger partial charge in [-0.05, 0) is 42.7 Å². The number of hydrogen-bond donors (Lipinski definition) is 1. The topological polar surface area (TPSA) is 44.8 Å². The molecule has 1 saturated carbocycles. The van der Waals surface area contributed by atoms with Gasteiger partial charge in [-0.1, -0.05) is 35.9 Å². The normalized spacial score (nSPS) is 17.9. The maximum atomic E-state index is 12.7. The average molecular weight is 400 g/mol. The molecule has 0 atom stereocenters. The van der Waals surface area contributed by atoms with Gasteiger partial charge in [0.15, 0.2) is 0 Å². The van der Waals surface area contributed by atoms with E-state index >= 15 is 0 Å². The van der Waals surface area contributed by atoms with E-state index in [1.165, 1.54) is 5.56 Å². The largest absolute Gasteiger partial charge is 0.495 e. The van der Waals surface area contributed by atoms with E-state index in [4.69, 9.17) is 16.3 Å². The molecule has 148 valence electrons. The predicted octanol–water partition coefficient (Wildman–Crippen LogP) is 3.91. The summed E-state index contributed by atoms with van der Waals surface area (Å²) in [4.78, 5) is 16.9. The number of halogens is 1. The summed E-state index contributed by atoms with van der Waals surface area (Å²) in [6, 6.07) is 16.1. The first kappa shape index (κ1) is 18.9. The van der Waals surface area contributed by atoms with Crippen molar-refractivity contribution in [3.8, 4) is 5.75 Å². The van der Waals surface area contributed by atoms with Crippen molar-refractivity contribution in [3.63, 3.8) is 0 Å².